The molecule has 1 atom stereocenters. The smallest absolute Gasteiger partial charge is 0.147 e. The molecule has 0 amide bonds. The summed E-state index contributed by atoms with van der Waals surface area (Å²) >= 11 is 0. The van der Waals surface area contributed by atoms with E-state index in [4.69, 9.17) is 0 Å². The minimum absolute atomic E-state index is 0.252. The van der Waals surface area contributed by atoms with Crippen LogP contribution in [0.15, 0.2) is 24.3 Å². The van der Waals surface area contributed by atoms with Crippen molar-refractivity contribution in [2.75, 3.05) is 18.6 Å². The summed E-state index contributed by atoms with van der Waals surface area (Å²) in [5, 5.41) is 3.51. The lowest BCUT2D eigenvalue weighted by Gasteiger charge is -2.19. The van der Waals surface area contributed by atoms with Crippen molar-refractivity contribution in [3.63, 3.8) is 0 Å². The maximum absolute atomic E-state index is 11.2. The van der Waals surface area contributed by atoms with Gasteiger partial charge in [0.1, 0.15) is 9.84 Å². The molecule has 1 N–H and O–H groups in total. The first-order valence-electron chi connectivity index (χ1n) is 7.46. The summed E-state index contributed by atoms with van der Waals surface area (Å²) in [4.78, 5) is 0. The number of sulfone groups is 1. The summed E-state index contributed by atoms with van der Waals surface area (Å²) in [5.41, 5.74) is 2.59. The predicted octanol–water partition coefficient (Wildman–Crippen LogP) is 3.11. The van der Waals surface area contributed by atoms with Crippen LogP contribution in [0.4, 0.5) is 0 Å². The lowest BCUT2D eigenvalue weighted by Crippen LogP contribution is -2.23. The quantitative estimate of drug-likeness (QED) is 0.762. The second-order valence-corrected chi connectivity index (χ2v) is 7.63. The molecule has 0 saturated heterocycles. The highest BCUT2D eigenvalue weighted by Crippen LogP contribution is 2.20. The van der Waals surface area contributed by atoms with E-state index in [1.807, 2.05) is 0 Å². The molecule has 0 aliphatic rings. The van der Waals surface area contributed by atoms with Crippen molar-refractivity contribution in [1.29, 1.82) is 0 Å². The van der Waals surface area contributed by atoms with Crippen molar-refractivity contribution < 1.29 is 8.42 Å². The zero-order valence-electron chi connectivity index (χ0n) is 12.9. The Morgan fingerprint density at radius 2 is 1.80 bits per heavy atom. The van der Waals surface area contributed by atoms with E-state index in [9.17, 15) is 8.42 Å². The molecular weight excluding hydrogens is 270 g/mol. The molecule has 0 heterocycles. The van der Waals surface area contributed by atoms with Crippen LogP contribution >= 0.6 is 0 Å². The van der Waals surface area contributed by atoms with E-state index in [0.717, 1.165) is 25.8 Å². The topological polar surface area (TPSA) is 46.2 Å². The molecule has 0 saturated carbocycles. The summed E-state index contributed by atoms with van der Waals surface area (Å²) in [6.07, 6.45) is 4.99. The molecule has 4 heteroatoms. The van der Waals surface area contributed by atoms with Crippen molar-refractivity contribution in [2.24, 2.45) is 0 Å². The fourth-order valence-corrected chi connectivity index (χ4v) is 2.93. The molecule has 1 unspecified atom stereocenters. The van der Waals surface area contributed by atoms with E-state index in [2.05, 4.69) is 43.4 Å². The lowest BCUT2D eigenvalue weighted by atomic mass is 10.00. The molecule has 0 fully saturated rings. The fourth-order valence-electron chi connectivity index (χ4n) is 2.24. The maximum atomic E-state index is 11.2. The Morgan fingerprint density at radius 1 is 1.15 bits per heavy atom. The first-order chi connectivity index (χ1) is 9.46. The SMILES string of the molecule is CCCNC(CCCS(C)(=O)=O)c1ccc(CC)cc1. The van der Waals surface area contributed by atoms with E-state index >= 15 is 0 Å². The van der Waals surface area contributed by atoms with Gasteiger partial charge in [0, 0.05) is 18.1 Å². The van der Waals surface area contributed by atoms with Gasteiger partial charge in [-0.3, -0.25) is 0 Å². The minimum Gasteiger partial charge on any atom is -0.310 e. The summed E-state index contributed by atoms with van der Waals surface area (Å²) in [5.74, 6) is 0.268. The van der Waals surface area contributed by atoms with Gasteiger partial charge in [-0.15, -0.1) is 0 Å². The Hall–Kier alpha value is -0.870. The van der Waals surface area contributed by atoms with Crippen LogP contribution in [0.1, 0.15) is 50.3 Å². The van der Waals surface area contributed by atoms with Crippen LogP contribution in [-0.2, 0) is 16.3 Å². The van der Waals surface area contributed by atoms with Crippen LogP contribution in [0.3, 0.4) is 0 Å². The molecule has 0 aliphatic carbocycles. The van der Waals surface area contributed by atoms with E-state index in [0.29, 0.717) is 6.42 Å². The number of rotatable bonds is 9. The van der Waals surface area contributed by atoms with Crippen LogP contribution in [0, 0.1) is 0 Å². The molecule has 0 bridgehead atoms. The van der Waals surface area contributed by atoms with Crippen molar-refractivity contribution >= 4 is 9.84 Å². The first kappa shape index (κ1) is 17.2. The molecule has 114 valence electrons. The molecule has 1 rings (SSSR count). The Kier molecular flexibility index (Phi) is 7.24. The largest absolute Gasteiger partial charge is 0.310 e. The van der Waals surface area contributed by atoms with E-state index in [1.54, 1.807) is 0 Å². The monoisotopic (exact) mass is 297 g/mol. The van der Waals surface area contributed by atoms with Gasteiger partial charge in [-0.05, 0) is 43.4 Å². The second kappa shape index (κ2) is 8.42. The highest BCUT2D eigenvalue weighted by molar-refractivity contribution is 7.90. The standard InChI is InChI=1S/C16H27NO2S/c1-4-12-17-16(7-6-13-20(3,18)19)15-10-8-14(5-2)9-11-15/h8-11,16-17H,4-7,12-13H2,1-3H3. The van der Waals surface area contributed by atoms with Gasteiger partial charge in [-0.2, -0.15) is 0 Å². The van der Waals surface area contributed by atoms with Gasteiger partial charge in [-0.1, -0.05) is 38.1 Å². The average Bonchev–Trinajstić information content (AvgIpc) is 2.41. The van der Waals surface area contributed by atoms with Crippen LogP contribution in [0.25, 0.3) is 0 Å². The summed E-state index contributed by atoms with van der Waals surface area (Å²) in [7, 11) is -2.86. The molecular formula is C16H27NO2S. The van der Waals surface area contributed by atoms with Gasteiger partial charge in [0.25, 0.3) is 0 Å². The summed E-state index contributed by atoms with van der Waals surface area (Å²) in [6.45, 7) is 5.24. The number of hydrogen-bond acceptors (Lipinski definition) is 3. The summed E-state index contributed by atoms with van der Waals surface area (Å²) < 4.78 is 22.5. The van der Waals surface area contributed by atoms with Crippen LogP contribution in [-0.4, -0.2) is 27.0 Å². The third-order valence-electron chi connectivity index (χ3n) is 3.44. The van der Waals surface area contributed by atoms with Crippen LogP contribution in [0.5, 0.6) is 0 Å². The van der Waals surface area contributed by atoms with Gasteiger partial charge in [-0.25, -0.2) is 8.42 Å². The molecule has 1 aromatic carbocycles. The predicted molar refractivity (Wildman–Crippen MR) is 85.8 cm³/mol. The molecule has 0 radical (unpaired) electrons. The first-order valence-corrected chi connectivity index (χ1v) is 9.52. The fraction of sp³-hybridized carbons (Fsp3) is 0.625. The molecule has 3 nitrogen and oxygen atoms in total. The van der Waals surface area contributed by atoms with Gasteiger partial charge < -0.3 is 5.32 Å². The minimum atomic E-state index is -2.86. The Labute approximate surface area is 123 Å². The second-order valence-electron chi connectivity index (χ2n) is 5.37. The molecule has 0 aliphatic heterocycles. The highest BCUT2D eigenvalue weighted by atomic mass is 32.2. The Bertz CT molecular complexity index is 480. The average molecular weight is 297 g/mol. The number of nitrogens with one attached hydrogen (secondary N) is 1. The molecule has 1 aromatic rings. The molecule has 20 heavy (non-hydrogen) atoms. The molecule has 0 spiro atoms. The number of hydrogen-bond donors (Lipinski definition) is 1. The van der Waals surface area contributed by atoms with E-state index in [-0.39, 0.29) is 11.8 Å². The van der Waals surface area contributed by atoms with Gasteiger partial charge in [0.05, 0.1) is 0 Å². The van der Waals surface area contributed by atoms with Crippen molar-refractivity contribution in [1.82, 2.24) is 5.32 Å². The van der Waals surface area contributed by atoms with E-state index in [1.165, 1.54) is 17.4 Å². The van der Waals surface area contributed by atoms with Crippen LogP contribution < -0.4 is 5.32 Å². The van der Waals surface area contributed by atoms with Crippen molar-refractivity contribution in [3.8, 4) is 0 Å². The highest BCUT2D eigenvalue weighted by Gasteiger charge is 2.12. The zero-order chi connectivity index (χ0) is 15.0. The van der Waals surface area contributed by atoms with Gasteiger partial charge in [0.2, 0.25) is 0 Å². The normalized spacial score (nSPS) is 13.3. The molecule has 0 aromatic heterocycles. The zero-order valence-corrected chi connectivity index (χ0v) is 13.7. The van der Waals surface area contributed by atoms with Crippen molar-refractivity contribution in [3.05, 3.63) is 35.4 Å². The Balaban J connectivity index is 2.66. The number of aryl methyl sites for hydroxylation is 1. The lowest BCUT2D eigenvalue weighted by molar-refractivity contribution is 0.492. The van der Waals surface area contributed by atoms with E-state index < -0.39 is 9.84 Å². The van der Waals surface area contributed by atoms with Crippen LogP contribution in [0.2, 0.25) is 0 Å². The summed E-state index contributed by atoms with van der Waals surface area (Å²) in [6, 6.07) is 8.89. The third-order valence-corrected chi connectivity index (χ3v) is 4.47. The maximum Gasteiger partial charge on any atom is 0.147 e. The number of benzene rings is 1. The van der Waals surface area contributed by atoms with Crippen molar-refractivity contribution in [2.45, 2.75) is 45.6 Å². The van der Waals surface area contributed by atoms with Gasteiger partial charge in [0.15, 0.2) is 0 Å². The third kappa shape index (κ3) is 6.53. The Morgan fingerprint density at radius 3 is 2.30 bits per heavy atom. The van der Waals surface area contributed by atoms with Gasteiger partial charge >= 0.3 is 0 Å².